The fourth-order valence-corrected chi connectivity index (χ4v) is 4.83. The number of aromatic nitrogens is 4. The highest BCUT2D eigenvalue weighted by molar-refractivity contribution is 6.38. The summed E-state index contributed by atoms with van der Waals surface area (Å²) in [4.78, 5) is 33.8. The van der Waals surface area contributed by atoms with Crippen molar-refractivity contribution in [3.8, 4) is 17.2 Å². The molecule has 2 aromatic carbocycles. The van der Waals surface area contributed by atoms with E-state index in [0.717, 1.165) is 22.2 Å². The van der Waals surface area contributed by atoms with Crippen LogP contribution in [-0.2, 0) is 11.3 Å². The van der Waals surface area contributed by atoms with E-state index in [9.17, 15) is 9.59 Å². The van der Waals surface area contributed by atoms with E-state index < -0.39 is 5.54 Å². The molecule has 0 aliphatic heterocycles. The lowest BCUT2D eigenvalue weighted by atomic mass is 10.1. The van der Waals surface area contributed by atoms with Crippen LogP contribution in [0.2, 0.25) is 5.02 Å². The van der Waals surface area contributed by atoms with Crippen LogP contribution in [-0.4, -0.2) is 37.0 Å². The molecule has 6 rings (SSSR count). The molecule has 1 saturated carbocycles. The molecule has 1 fully saturated rings. The van der Waals surface area contributed by atoms with Gasteiger partial charge in [0.2, 0.25) is 17.6 Å². The van der Waals surface area contributed by atoms with Crippen molar-refractivity contribution >= 4 is 34.3 Å². The zero-order valence-corrected chi connectivity index (χ0v) is 21.2. The quantitative estimate of drug-likeness (QED) is 0.320. The zero-order valence-electron chi connectivity index (χ0n) is 20.4. The molecule has 0 bridgehead atoms. The van der Waals surface area contributed by atoms with Gasteiger partial charge in [0.1, 0.15) is 11.2 Å². The Morgan fingerprint density at radius 2 is 1.87 bits per heavy atom. The maximum absolute atomic E-state index is 12.9. The standard InChI is InChI=1S/C28H23ClN6O3/c1-17-32-25(34-38-17)24-23(29)21-6-2-3-7-22(21)35(24)20-10-8-18(9-11-20)15-31-27(37)28(12-13-28)33-26(36)19-5-4-14-30-16-19/h2-11,14,16H,12-13,15H2,1H3,(H,31,37)(H,33,36). The molecule has 2 amide bonds. The van der Waals surface area contributed by atoms with E-state index in [0.29, 0.717) is 47.4 Å². The Bertz CT molecular complexity index is 1660. The zero-order chi connectivity index (χ0) is 26.3. The molecule has 10 heteroatoms. The van der Waals surface area contributed by atoms with Gasteiger partial charge in [-0.2, -0.15) is 4.98 Å². The molecule has 3 heterocycles. The lowest BCUT2D eigenvalue weighted by Crippen LogP contribution is -2.48. The Hall–Kier alpha value is -4.50. The predicted octanol–water partition coefficient (Wildman–Crippen LogP) is 4.62. The van der Waals surface area contributed by atoms with Gasteiger partial charge in [-0.3, -0.25) is 14.6 Å². The SMILES string of the molecule is Cc1nc(-c2c(Cl)c3ccccc3n2-c2ccc(CNC(=O)C3(NC(=O)c4cccnc4)CC3)cc2)no1. The Morgan fingerprint density at radius 3 is 2.55 bits per heavy atom. The van der Waals surface area contributed by atoms with Gasteiger partial charge in [0, 0.05) is 36.9 Å². The van der Waals surface area contributed by atoms with Crippen LogP contribution >= 0.6 is 11.6 Å². The highest BCUT2D eigenvalue weighted by Gasteiger charge is 2.51. The number of nitrogens with one attached hydrogen (secondary N) is 2. The molecule has 3 aromatic heterocycles. The summed E-state index contributed by atoms with van der Waals surface area (Å²) in [6.07, 6.45) is 4.28. The average molecular weight is 527 g/mol. The second kappa shape index (κ2) is 9.42. The van der Waals surface area contributed by atoms with Gasteiger partial charge in [0.05, 0.1) is 16.1 Å². The van der Waals surface area contributed by atoms with Crippen molar-refractivity contribution in [2.24, 2.45) is 0 Å². The van der Waals surface area contributed by atoms with Crippen LogP contribution in [0.15, 0.2) is 77.6 Å². The number of para-hydroxylation sites is 1. The second-order valence-electron chi connectivity index (χ2n) is 9.28. The Labute approximate surface area is 222 Å². The number of carbonyl (C=O) groups is 2. The summed E-state index contributed by atoms with van der Waals surface area (Å²) >= 11 is 6.77. The molecular formula is C28H23ClN6O3. The van der Waals surface area contributed by atoms with Gasteiger partial charge in [-0.25, -0.2) is 0 Å². The predicted molar refractivity (Wildman–Crippen MR) is 142 cm³/mol. The Balaban J connectivity index is 1.20. The van der Waals surface area contributed by atoms with Crippen molar-refractivity contribution in [2.45, 2.75) is 31.8 Å². The van der Waals surface area contributed by atoms with Crippen molar-refractivity contribution in [3.05, 3.63) is 95.1 Å². The molecular weight excluding hydrogens is 504 g/mol. The second-order valence-corrected chi connectivity index (χ2v) is 9.66. The number of hydrogen-bond acceptors (Lipinski definition) is 6. The van der Waals surface area contributed by atoms with E-state index in [1.54, 1.807) is 25.3 Å². The summed E-state index contributed by atoms with van der Waals surface area (Å²) in [7, 11) is 0. The third-order valence-electron chi connectivity index (χ3n) is 6.66. The Morgan fingerprint density at radius 1 is 1.08 bits per heavy atom. The van der Waals surface area contributed by atoms with Gasteiger partial charge < -0.3 is 19.7 Å². The van der Waals surface area contributed by atoms with Crippen LogP contribution in [0, 0.1) is 6.92 Å². The highest BCUT2D eigenvalue weighted by atomic mass is 35.5. The number of carbonyl (C=O) groups excluding carboxylic acids is 2. The average Bonchev–Trinajstić information content (AvgIpc) is 3.51. The molecule has 0 radical (unpaired) electrons. The molecule has 0 unspecified atom stereocenters. The van der Waals surface area contributed by atoms with Crippen molar-refractivity contribution < 1.29 is 14.1 Å². The fraction of sp³-hybridized carbons (Fsp3) is 0.179. The highest BCUT2D eigenvalue weighted by Crippen LogP contribution is 2.39. The van der Waals surface area contributed by atoms with Crippen molar-refractivity contribution in [1.82, 2.24) is 30.3 Å². The first-order valence-electron chi connectivity index (χ1n) is 12.1. The number of benzene rings is 2. The third kappa shape index (κ3) is 4.31. The van der Waals surface area contributed by atoms with Crippen molar-refractivity contribution in [2.75, 3.05) is 0 Å². The third-order valence-corrected chi connectivity index (χ3v) is 7.04. The van der Waals surface area contributed by atoms with E-state index in [1.165, 1.54) is 6.20 Å². The molecule has 5 aromatic rings. The molecule has 1 aliphatic rings. The minimum absolute atomic E-state index is 0.197. The lowest BCUT2D eigenvalue weighted by Gasteiger charge is -2.17. The number of hydrogen-bond donors (Lipinski definition) is 2. The molecule has 190 valence electrons. The minimum atomic E-state index is -0.870. The maximum atomic E-state index is 12.9. The summed E-state index contributed by atoms with van der Waals surface area (Å²) in [6.45, 7) is 2.06. The minimum Gasteiger partial charge on any atom is -0.350 e. The van der Waals surface area contributed by atoms with Crippen LogP contribution in [0.1, 0.15) is 34.7 Å². The number of amides is 2. The number of rotatable bonds is 7. The van der Waals surface area contributed by atoms with E-state index in [2.05, 4.69) is 25.8 Å². The van der Waals surface area contributed by atoms with E-state index in [4.69, 9.17) is 16.1 Å². The van der Waals surface area contributed by atoms with Crippen molar-refractivity contribution in [1.29, 1.82) is 0 Å². The smallest absolute Gasteiger partial charge is 0.253 e. The first-order valence-corrected chi connectivity index (χ1v) is 12.5. The summed E-state index contributed by atoms with van der Waals surface area (Å²) in [5, 5.41) is 11.3. The summed E-state index contributed by atoms with van der Waals surface area (Å²) in [5.41, 5.74) is 2.89. The van der Waals surface area contributed by atoms with Gasteiger partial charge in [0.25, 0.3) is 5.91 Å². The first kappa shape index (κ1) is 23.9. The van der Waals surface area contributed by atoms with Gasteiger partial charge in [-0.05, 0) is 48.7 Å². The molecule has 0 saturated heterocycles. The maximum Gasteiger partial charge on any atom is 0.253 e. The van der Waals surface area contributed by atoms with Gasteiger partial charge in [0.15, 0.2) is 0 Å². The van der Waals surface area contributed by atoms with Crippen LogP contribution < -0.4 is 10.6 Å². The summed E-state index contributed by atoms with van der Waals surface area (Å²) < 4.78 is 7.21. The number of pyridine rings is 1. The van der Waals surface area contributed by atoms with Crippen molar-refractivity contribution in [3.63, 3.8) is 0 Å². The number of fused-ring (bicyclic) bond motifs is 1. The number of aryl methyl sites for hydroxylation is 1. The number of halogens is 1. The molecule has 0 atom stereocenters. The number of nitrogens with zero attached hydrogens (tertiary/aromatic N) is 4. The van der Waals surface area contributed by atoms with Crippen LogP contribution in [0.4, 0.5) is 0 Å². The molecule has 0 spiro atoms. The van der Waals surface area contributed by atoms with Crippen LogP contribution in [0.3, 0.4) is 0 Å². The topological polar surface area (TPSA) is 115 Å². The van der Waals surface area contributed by atoms with Gasteiger partial charge >= 0.3 is 0 Å². The molecule has 9 nitrogen and oxygen atoms in total. The van der Waals surface area contributed by atoms with Crippen LogP contribution in [0.25, 0.3) is 28.1 Å². The van der Waals surface area contributed by atoms with E-state index >= 15 is 0 Å². The fourth-order valence-electron chi connectivity index (χ4n) is 4.50. The molecule has 38 heavy (non-hydrogen) atoms. The van der Waals surface area contributed by atoms with Gasteiger partial charge in [-0.1, -0.05) is 47.1 Å². The summed E-state index contributed by atoms with van der Waals surface area (Å²) in [6, 6.07) is 19.0. The Kier molecular flexibility index (Phi) is 5.92. The molecule has 1 aliphatic carbocycles. The largest absolute Gasteiger partial charge is 0.350 e. The molecule has 2 N–H and O–H groups in total. The summed E-state index contributed by atoms with van der Waals surface area (Å²) in [5.74, 6) is 0.351. The van der Waals surface area contributed by atoms with Gasteiger partial charge in [-0.15, -0.1) is 0 Å². The van der Waals surface area contributed by atoms with Crippen LogP contribution in [0.5, 0.6) is 0 Å². The van der Waals surface area contributed by atoms with E-state index in [-0.39, 0.29) is 11.8 Å². The lowest BCUT2D eigenvalue weighted by molar-refractivity contribution is -0.124. The van der Waals surface area contributed by atoms with E-state index in [1.807, 2.05) is 53.1 Å². The monoisotopic (exact) mass is 526 g/mol. The normalized spacial score (nSPS) is 13.8. The first-order chi connectivity index (χ1) is 18.4.